The van der Waals surface area contributed by atoms with Crippen LogP contribution in [-0.2, 0) is 0 Å². The largest absolute Gasteiger partial charge is 0.105 e. The van der Waals surface area contributed by atoms with Crippen molar-refractivity contribution in [1.82, 2.24) is 0 Å². The molecule has 6 fully saturated rings. The molecule has 0 N–H and O–H groups in total. The van der Waals surface area contributed by atoms with Crippen LogP contribution in [0.25, 0.3) is 0 Å². The summed E-state index contributed by atoms with van der Waals surface area (Å²) >= 11 is 0. The van der Waals surface area contributed by atoms with E-state index < -0.39 is 14.5 Å². The van der Waals surface area contributed by atoms with Crippen LogP contribution < -0.4 is 0 Å². The first-order valence-corrected chi connectivity index (χ1v) is 25.3. The molecule has 0 heterocycles. The zero-order valence-electron chi connectivity index (χ0n) is 29.5. The smallest absolute Gasteiger partial charge is 0.0188 e. The van der Waals surface area contributed by atoms with Crippen molar-refractivity contribution in [3.63, 3.8) is 0 Å². The Morgan fingerprint density at radius 3 is 0.756 bits per heavy atom. The van der Waals surface area contributed by atoms with Gasteiger partial charge in [0, 0.05) is 5.40 Å². The van der Waals surface area contributed by atoms with Crippen LogP contribution in [0.5, 0.6) is 0 Å². The van der Waals surface area contributed by atoms with E-state index in [0.717, 1.165) is 39.4 Å². The summed E-state index contributed by atoms with van der Waals surface area (Å²) in [6.45, 7) is 0. The number of hydrogen-bond donors (Lipinski definition) is 0. The van der Waals surface area contributed by atoms with Gasteiger partial charge >= 0.3 is 0 Å². The Bertz CT molecular complexity index is 829. The van der Waals surface area contributed by atoms with E-state index in [4.69, 9.17) is 0 Å². The highest BCUT2D eigenvalue weighted by atomic mass is 31.2. The average molecular weight is 651 g/mol. The van der Waals surface area contributed by atoms with Crippen LogP contribution in [0.3, 0.4) is 0 Å². The third kappa shape index (κ3) is 6.68. The third-order valence-corrected chi connectivity index (χ3v) is 30.6. The van der Waals surface area contributed by atoms with Gasteiger partial charge in [0.15, 0.2) is 0 Å². The molecule has 0 spiro atoms. The fourth-order valence-corrected chi connectivity index (χ4v) is 34.7. The lowest BCUT2D eigenvalue weighted by molar-refractivity contribution is 0.439. The molecule has 1 aromatic carbocycles. The van der Waals surface area contributed by atoms with Gasteiger partial charge < -0.3 is 0 Å². The molecule has 2 heteroatoms. The van der Waals surface area contributed by atoms with Crippen LogP contribution in [0, 0.1) is 0 Å². The summed E-state index contributed by atoms with van der Waals surface area (Å²) < 4.78 is 0. The van der Waals surface area contributed by atoms with E-state index in [1.807, 2.05) is 5.56 Å². The van der Waals surface area contributed by atoms with Crippen molar-refractivity contribution in [3.05, 3.63) is 35.9 Å². The van der Waals surface area contributed by atoms with Gasteiger partial charge in [0.1, 0.15) is 0 Å². The highest BCUT2D eigenvalue weighted by Crippen LogP contribution is 2.99. The normalized spacial score (nSPS) is 27.2. The van der Waals surface area contributed by atoms with Gasteiger partial charge in [-0.25, -0.2) is 0 Å². The Labute approximate surface area is 281 Å². The van der Waals surface area contributed by atoms with Crippen LogP contribution in [0.4, 0.5) is 0 Å². The van der Waals surface area contributed by atoms with Crippen LogP contribution in [0.15, 0.2) is 30.3 Å². The van der Waals surface area contributed by atoms with Crippen LogP contribution in [0.2, 0.25) is 0 Å². The quantitative estimate of drug-likeness (QED) is 0.233. The summed E-state index contributed by atoms with van der Waals surface area (Å²) in [6.07, 6.45) is 47.6. The zero-order valence-corrected chi connectivity index (χ0v) is 31.3. The minimum atomic E-state index is -1.33. The SMILES string of the molecule is c1ccc(C([P](C2CCCCC2)(C2CCCCC2)C2CCCCC2)[P](C2CCCCC2)(C2CCCCC2)C2CCCCC2)cc1. The van der Waals surface area contributed by atoms with Crippen molar-refractivity contribution in [2.75, 3.05) is 0 Å². The maximum atomic E-state index is 2.80. The van der Waals surface area contributed by atoms with E-state index in [1.54, 1.807) is 154 Å². The molecule has 2 radical (unpaired) electrons. The molecule has 6 aliphatic rings. The molecule has 254 valence electrons. The summed E-state index contributed by atoms with van der Waals surface area (Å²) in [4.78, 5) is 0. The van der Waals surface area contributed by atoms with Gasteiger partial charge in [0.05, 0.1) is 0 Å². The maximum absolute atomic E-state index is 2.80. The zero-order chi connectivity index (χ0) is 30.4. The summed E-state index contributed by atoms with van der Waals surface area (Å²) in [5, 5.41) is 1.02. The summed E-state index contributed by atoms with van der Waals surface area (Å²) in [7, 11) is -2.65. The monoisotopic (exact) mass is 651 g/mol. The van der Waals surface area contributed by atoms with Gasteiger partial charge in [0.25, 0.3) is 0 Å². The lowest BCUT2D eigenvalue weighted by Gasteiger charge is -2.71. The van der Waals surface area contributed by atoms with E-state index in [9.17, 15) is 0 Å². The Morgan fingerprint density at radius 1 is 0.311 bits per heavy atom. The summed E-state index contributed by atoms with van der Waals surface area (Å²) in [5.74, 6) is 0. The Kier molecular flexibility index (Phi) is 12.1. The van der Waals surface area contributed by atoms with Gasteiger partial charge in [0.2, 0.25) is 0 Å². The van der Waals surface area contributed by atoms with Crippen molar-refractivity contribution < 1.29 is 0 Å². The number of hydrogen-bond acceptors (Lipinski definition) is 0. The molecule has 45 heavy (non-hydrogen) atoms. The molecule has 6 saturated carbocycles. The van der Waals surface area contributed by atoms with Crippen LogP contribution in [0.1, 0.15) is 204 Å². The van der Waals surface area contributed by atoms with Crippen LogP contribution >= 0.6 is 14.5 Å². The molecular formula is C43H72P2. The van der Waals surface area contributed by atoms with Crippen molar-refractivity contribution in [1.29, 1.82) is 0 Å². The van der Waals surface area contributed by atoms with Gasteiger partial charge in [-0.05, 0) is 117 Å². The highest BCUT2D eigenvalue weighted by molar-refractivity contribution is 7.94. The first-order chi connectivity index (χ1) is 22.4. The second-order valence-corrected chi connectivity index (χ2v) is 26.7. The van der Waals surface area contributed by atoms with E-state index in [2.05, 4.69) is 30.3 Å². The summed E-state index contributed by atoms with van der Waals surface area (Å²) in [6, 6.07) is 13.1. The van der Waals surface area contributed by atoms with Crippen LogP contribution in [-0.4, -0.2) is 34.0 Å². The van der Waals surface area contributed by atoms with Gasteiger partial charge in [-0.3, -0.25) is 0 Å². The molecule has 7 rings (SSSR count). The second-order valence-electron chi connectivity index (χ2n) is 17.3. The second kappa shape index (κ2) is 16.2. The lowest BCUT2D eigenvalue weighted by Crippen LogP contribution is -2.45. The first kappa shape index (κ1) is 33.6. The van der Waals surface area contributed by atoms with Crippen molar-refractivity contribution in [3.8, 4) is 0 Å². The summed E-state index contributed by atoms with van der Waals surface area (Å²) in [5.41, 5.74) is 8.62. The standard InChI is InChI=1S/C43H72P2/c1-8-22-36(23-9-1)43(44(37-24-10-2-11-25-37,38-26-12-3-13-27-38)39-28-14-4-15-29-39)45(40-30-16-5-17-31-40,41-32-18-6-19-33-41)42-34-20-7-21-35-42/h1,8-9,22-23,37-43H,2-7,10-21,24-35H2. The van der Waals surface area contributed by atoms with Gasteiger partial charge in [-0.15, -0.1) is 14.5 Å². The fraction of sp³-hybridized carbons (Fsp3) is 0.860. The van der Waals surface area contributed by atoms with E-state index in [0.29, 0.717) is 0 Å². The average Bonchev–Trinajstić information content (AvgIpc) is 3.14. The predicted molar refractivity (Wildman–Crippen MR) is 204 cm³/mol. The number of benzene rings is 1. The molecular weight excluding hydrogens is 578 g/mol. The van der Waals surface area contributed by atoms with Gasteiger partial charge in [-0.1, -0.05) is 146 Å². The Morgan fingerprint density at radius 2 is 0.533 bits per heavy atom. The Hall–Kier alpha value is 0.0800. The minimum Gasteiger partial charge on any atom is -0.105 e. The molecule has 1 aromatic rings. The third-order valence-electron chi connectivity index (χ3n) is 15.2. The molecule has 0 amide bonds. The molecule has 6 aliphatic carbocycles. The molecule has 0 aliphatic heterocycles. The highest BCUT2D eigenvalue weighted by Gasteiger charge is 2.63. The molecule has 0 atom stereocenters. The van der Waals surface area contributed by atoms with Crippen molar-refractivity contribution in [2.24, 2.45) is 0 Å². The topological polar surface area (TPSA) is 0 Å². The van der Waals surface area contributed by atoms with E-state index >= 15 is 0 Å². The number of rotatable bonds is 9. The molecule has 0 bridgehead atoms. The maximum Gasteiger partial charge on any atom is 0.0188 e. The van der Waals surface area contributed by atoms with E-state index in [1.165, 1.54) is 38.5 Å². The van der Waals surface area contributed by atoms with Crippen molar-refractivity contribution >= 4 is 14.5 Å². The molecule has 0 saturated heterocycles. The molecule has 0 nitrogen and oxygen atoms in total. The fourth-order valence-electron chi connectivity index (χ4n) is 13.6. The van der Waals surface area contributed by atoms with E-state index in [-0.39, 0.29) is 0 Å². The minimum absolute atomic E-state index is 1.02. The van der Waals surface area contributed by atoms with Crippen molar-refractivity contribution in [2.45, 2.75) is 232 Å². The first-order valence-electron chi connectivity index (χ1n) is 21.2. The van der Waals surface area contributed by atoms with Gasteiger partial charge in [-0.2, -0.15) is 0 Å². The lowest BCUT2D eigenvalue weighted by atomic mass is 9.98. The Balaban J connectivity index is 1.53. The molecule has 0 unspecified atom stereocenters. The predicted octanol–water partition coefficient (Wildman–Crippen LogP) is 14.7. The molecule has 0 aromatic heterocycles.